The summed E-state index contributed by atoms with van der Waals surface area (Å²) >= 11 is 0. The zero-order chi connectivity index (χ0) is 21.6. The molecular formula is C20H12F6N2O. The first-order valence-corrected chi connectivity index (χ1v) is 7.95. The van der Waals surface area contributed by atoms with E-state index >= 15 is 0 Å². The zero-order valence-corrected chi connectivity index (χ0v) is 14.8. The van der Waals surface area contributed by atoms with Crippen LogP contribution in [0.25, 0.3) is 11.3 Å². The molecule has 1 heterocycles. The maximum Gasteiger partial charge on any atom is 0.177 e. The van der Waals surface area contributed by atoms with E-state index in [1.165, 1.54) is 6.07 Å². The molecule has 3 aromatic rings. The van der Waals surface area contributed by atoms with E-state index in [0.717, 1.165) is 17.7 Å². The first-order valence-electron chi connectivity index (χ1n) is 7.95. The summed E-state index contributed by atoms with van der Waals surface area (Å²) < 4.78 is 75.7. The molecular weight excluding hydrogens is 398 g/mol. The minimum atomic E-state index is -1.15. The van der Waals surface area contributed by atoms with Crippen molar-refractivity contribution in [1.29, 1.82) is 5.26 Å². The number of benzene rings is 2. The number of pyridine rings is 1. The third kappa shape index (κ3) is 5.25. The topological polar surface area (TPSA) is 45.9 Å². The van der Waals surface area contributed by atoms with Gasteiger partial charge < -0.3 is 0 Å². The van der Waals surface area contributed by atoms with E-state index in [4.69, 9.17) is 5.26 Å². The van der Waals surface area contributed by atoms with Gasteiger partial charge in [-0.1, -0.05) is 6.07 Å². The highest BCUT2D eigenvalue weighted by atomic mass is 19.3. The number of aromatic nitrogens is 1. The lowest BCUT2D eigenvalue weighted by Gasteiger charge is -2.05. The van der Waals surface area contributed by atoms with E-state index < -0.39 is 46.8 Å². The van der Waals surface area contributed by atoms with E-state index in [1.54, 1.807) is 18.3 Å². The maximum absolute atomic E-state index is 13.4. The number of alkyl halides is 1. The summed E-state index contributed by atoms with van der Waals surface area (Å²) in [4.78, 5) is 7.15. The Hall–Kier alpha value is -3.54. The lowest BCUT2D eigenvalue weighted by atomic mass is 10.1. The van der Waals surface area contributed by atoms with Gasteiger partial charge in [-0.2, -0.15) is 5.26 Å². The molecule has 0 aliphatic heterocycles. The fourth-order valence-corrected chi connectivity index (χ4v) is 2.22. The minimum absolute atomic E-state index is 0.303. The summed E-state index contributed by atoms with van der Waals surface area (Å²) in [5.74, 6) is -4.67. The molecule has 0 bridgehead atoms. The smallest absolute Gasteiger partial charge is 0.177 e. The largest absolute Gasteiger partial charge is 0.294 e. The SMILES string of the molecule is Cc1ccc(-c2cc(F)c(CF)c(F)c2)nc1.N#Cc1c(F)cc(OF)cc1F. The third-order valence-corrected chi connectivity index (χ3v) is 3.70. The van der Waals surface area contributed by atoms with Gasteiger partial charge in [0.05, 0.1) is 11.3 Å². The second-order valence-corrected chi connectivity index (χ2v) is 5.72. The van der Waals surface area contributed by atoms with Crippen LogP contribution in [-0.2, 0) is 6.67 Å². The Morgan fingerprint density at radius 3 is 1.97 bits per heavy atom. The number of hydrogen-bond donors (Lipinski definition) is 0. The molecule has 29 heavy (non-hydrogen) atoms. The van der Waals surface area contributed by atoms with Gasteiger partial charge in [0.25, 0.3) is 0 Å². The number of aryl methyl sites for hydroxylation is 1. The number of hydrogen-bond acceptors (Lipinski definition) is 3. The molecule has 0 aliphatic carbocycles. The predicted octanol–water partition coefficient (Wildman–Crippen LogP) is 5.90. The van der Waals surface area contributed by atoms with Crippen LogP contribution in [-0.4, -0.2) is 4.98 Å². The summed E-state index contributed by atoms with van der Waals surface area (Å²) in [6, 6.07) is 8.10. The Morgan fingerprint density at radius 1 is 0.966 bits per heavy atom. The van der Waals surface area contributed by atoms with Gasteiger partial charge in [0.2, 0.25) is 0 Å². The molecule has 0 fully saturated rings. The van der Waals surface area contributed by atoms with Crippen LogP contribution < -0.4 is 4.94 Å². The Bertz CT molecular complexity index is 1000. The molecule has 0 aliphatic rings. The van der Waals surface area contributed by atoms with E-state index in [9.17, 15) is 26.5 Å². The van der Waals surface area contributed by atoms with Crippen LogP contribution in [0.3, 0.4) is 0 Å². The molecule has 0 N–H and O–H groups in total. The minimum Gasteiger partial charge on any atom is -0.294 e. The summed E-state index contributed by atoms with van der Waals surface area (Å²) in [6.07, 6.45) is 1.61. The van der Waals surface area contributed by atoms with E-state index in [2.05, 4.69) is 9.93 Å². The highest BCUT2D eigenvalue weighted by Gasteiger charge is 2.12. The number of nitrogens with zero attached hydrogens (tertiary/aromatic N) is 2. The molecule has 0 amide bonds. The predicted molar refractivity (Wildman–Crippen MR) is 91.9 cm³/mol. The van der Waals surface area contributed by atoms with Gasteiger partial charge in [-0.15, -0.1) is 0 Å². The fourth-order valence-electron chi connectivity index (χ4n) is 2.22. The molecule has 0 unspecified atom stereocenters. The van der Waals surface area contributed by atoms with Crippen LogP contribution in [0, 0.1) is 41.5 Å². The average Bonchev–Trinajstić information content (AvgIpc) is 2.68. The first-order chi connectivity index (χ1) is 13.8. The molecule has 9 heteroatoms. The third-order valence-electron chi connectivity index (χ3n) is 3.70. The van der Waals surface area contributed by atoms with Crippen molar-refractivity contribution < 1.29 is 31.4 Å². The monoisotopic (exact) mass is 410 g/mol. The summed E-state index contributed by atoms with van der Waals surface area (Å²) in [5, 5.41) is 8.20. The van der Waals surface area contributed by atoms with Crippen molar-refractivity contribution in [3.8, 4) is 23.1 Å². The van der Waals surface area contributed by atoms with Gasteiger partial charge in [-0.05, 0) is 30.7 Å². The maximum atomic E-state index is 13.4. The zero-order valence-electron chi connectivity index (χ0n) is 14.8. The molecule has 2 aromatic carbocycles. The Balaban J connectivity index is 0.000000221. The molecule has 0 atom stereocenters. The standard InChI is InChI=1S/C13H10F3N.C7H2F3NO/c1-8-2-3-13(17-7-8)9-4-11(15)10(6-14)12(16)5-9;8-6-1-4(12-10)2-7(9)5(6)3-11/h2-5,7H,6H2,1H3;1-2H. The van der Waals surface area contributed by atoms with Crippen molar-refractivity contribution in [1.82, 2.24) is 4.98 Å². The van der Waals surface area contributed by atoms with Crippen LogP contribution in [0.2, 0.25) is 0 Å². The van der Waals surface area contributed by atoms with Crippen molar-refractivity contribution in [2.24, 2.45) is 0 Å². The quantitative estimate of drug-likeness (QED) is 0.505. The lowest BCUT2D eigenvalue weighted by molar-refractivity contribution is -0.00692. The lowest BCUT2D eigenvalue weighted by Crippen LogP contribution is -1.95. The highest BCUT2D eigenvalue weighted by Crippen LogP contribution is 2.24. The van der Waals surface area contributed by atoms with Crippen LogP contribution in [0.5, 0.6) is 5.75 Å². The van der Waals surface area contributed by atoms with Crippen molar-refractivity contribution >= 4 is 0 Å². The highest BCUT2D eigenvalue weighted by molar-refractivity contribution is 5.60. The Kier molecular flexibility index (Phi) is 7.20. The molecule has 0 radical (unpaired) electrons. The second-order valence-electron chi connectivity index (χ2n) is 5.72. The number of halogens is 6. The molecule has 0 spiro atoms. The van der Waals surface area contributed by atoms with Gasteiger partial charge in [0.1, 0.15) is 41.6 Å². The van der Waals surface area contributed by atoms with Gasteiger partial charge >= 0.3 is 0 Å². The molecule has 0 saturated heterocycles. The molecule has 150 valence electrons. The van der Waals surface area contributed by atoms with Crippen LogP contribution in [0.4, 0.5) is 26.5 Å². The van der Waals surface area contributed by atoms with Crippen molar-refractivity contribution in [2.75, 3.05) is 0 Å². The van der Waals surface area contributed by atoms with Crippen molar-refractivity contribution in [2.45, 2.75) is 13.6 Å². The molecule has 3 rings (SSSR count). The number of rotatable bonds is 3. The summed E-state index contributed by atoms with van der Waals surface area (Å²) in [6.45, 7) is 0.712. The van der Waals surface area contributed by atoms with Gasteiger partial charge in [0, 0.05) is 28.4 Å². The van der Waals surface area contributed by atoms with E-state index in [0.29, 0.717) is 23.4 Å². The molecule has 1 aromatic heterocycles. The number of nitriles is 1. The fraction of sp³-hybridized carbons (Fsp3) is 0.100. The summed E-state index contributed by atoms with van der Waals surface area (Å²) in [7, 11) is 0. The van der Waals surface area contributed by atoms with Crippen molar-refractivity contribution in [3.05, 3.63) is 82.6 Å². The Labute approximate surface area is 161 Å². The molecule has 0 saturated carbocycles. The van der Waals surface area contributed by atoms with Crippen molar-refractivity contribution in [3.63, 3.8) is 0 Å². The van der Waals surface area contributed by atoms with Gasteiger partial charge in [-0.3, -0.25) is 9.93 Å². The van der Waals surface area contributed by atoms with Gasteiger partial charge in [-0.25, -0.2) is 22.0 Å². The van der Waals surface area contributed by atoms with E-state index in [-0.39, 0.29) is 0 Å². The van der Waals surface area contributed by atoms with E-state index in [1.807, 2.05) is 6.92 Å². The Morgan fingerprint density at radius 2 is 1.55 bits per heavy atom. The molecule has 3 nitrogen and oxygen atoms in total. The van der Waals surface area contributed by atoms with Crippen LogP contribution in [0.15, 0.2) is 42.6 Å². The summed E-state index contributed by atoms with van der Waals surface area (Å²) in [5.41, 5.74) is 0.419. The average molecular weight is 410 g/mol. The van der Waals surface area contributed by atoms with Crippen LogP contribution >= 0.6 is 0 Å². The van der Waals surface area contributed by atoms with Crippen LogP contribution in [0.1, 0.15) is 16.7 Å². The second kappa shape index (κ2) is 9.59. The normalized spacial score (nSPS) is 10.0. The first kappa shape index (κ1) is 21.8. The van der Waals surface area contributed by atoms with Gasteiger partial charge in [0.15, 0.2) is 5.75 Å².